The third kappa shape index (κ3) is 2.81. The van der Waals surface area contributed by atoms with Crippen LogP contribution in [0.15, 0.2) is 42.5 Å². The maximum absolute atomic E-state index is 10.4. The summed E-state index contributed by atoms with van der Waals surface area (Å²) in [5, 5.41) is 10.4. The van der Waals surface area contributed by atoms with Gasteiger partial charge in [0, 0.05) is 12.0 Å². The topological polar surface area (TPSA) is 29.5 Å². The van der Waals surface area contributed by atoms with Crippen molar-refractivity contribution in [3.05, 3.63) is 64.7 Å². The molecule has 1 N–H and O–H groups in total. The van der Waals surface area contributed by atoms with Gasteiger partial charge in [-0.1, -0.05) is 49.7 Å². The number of ether oxygens (including phenoxy) is 1. The Morgan fingerprint density at radius 1 is 1.10 bits per heavy atom. The van der Waals surface area contributed by atoms with E-state index < -0.39 is 6.10 Å². The zero-order valence-electron chi connectivity index (χ0n) is 12.8. The van der Waals surface area contributed by atoms with Gasteiger partial charge in [0.15, 0.2) is 0 Å². The van der Waals surface area contributed by atoms with Crippen molar-refractivity contribution in [2.75, 3.05) is 0 Å². The van der Waals surface area contributed by atoms with Crippen LogP contribution in [0.2, 0.25) is 0 Å². The molecular formula is C19H22O2. The minimum absolute atomic E-state index is 0.0728. The lowest BCUT2D eigenvalue weighted by molar-refractivity contribution is 0.0657. The van der Waals surface area contributed by atoms with Gasteiger partial charge in [-0.25, -0.2) is 0 Å². The second kappa shape index (κ2) is 5.53. The van der Waals surface area contributed by atoms with Crippen molar-refractivity contribution < 1.29 is 9.84 Å². The van der Waals surface area contributed by atoms with Crippen LogP contribution in [-0.2, 0) is 0 Å². The van der Waals surface area contributed by atoms with Crippen molar-refractivity contribution in [3.63, 3.8) is 0 Å². The van der Waals surface area contributed by atoms with Crippen LogP contribution >= 0.6 is 0 Å². The van der Waals surface area contributed by atoms with Crippen molar-refractivity contribution in [1.82, 2.24) is 0 Å². The smallest absolute Gasteiger partial charge is 0.127 e. The Kier molecular flexibility index (Phi) is 3.73. The Bertz CT molecular complexity index is 629. The van der Waals surface area contributed by atoms with E-state index in [1.807, 2.05) is 25.1 Å². The molecule has 0 spiro atoms. The average molecular weight is 282 g/mol. The summed E-state index contributed by atoms with van der Waals surface area (Å²) in [6.07, 6.45) is 0.0807. The highest BCUT2D eigenvalue weighted by molar-refractivity contribution is 5.41. The van der Waals surface area contributed by atoms with Crippen molar-refractivity contribution in [1.29, 1.82) is 0 Å². The molecular weight excluding hydrogens is 260 g/mol. The van der Waals surface area contributed by atoms with Crippen molar-refractivity contribution in [2.24, 2.45) is 0 Å². The van der Waals surface area contributed by atoms with Gasteiger partial charge in [-0.3, -0.25) is 0 Å². The third-order valence-corrected chi connectivity index (χ3v) is 4.21. The van der Waals surface area contributed by atoms with E-state index in [-0.39, 0.29) is 6.10 Å². The highest BCUT2D eigenvalue weighted by Gasteiger charge is 2.28. The number of fused-ring (bicyclic) bond motifs is 1. The van der Waals surface area contributed by atoms with Crippen LogP contribution in [0.1, 0.15) is 60.6 Å². The molecule has 0 radical (unpaired) electrons. The van der Waals surface area contributed by atoms with Crippen LogP contribution in [-0.4, -0.2) is 5.11 Å². The van der Waals surface area contributed by atoms with Crippen LogP contribution in [0.4, 0.5) is 0 Å². The van der Waals surface area contributed by atoms with E-state index >= 15 is 0 Å². The van der Waals surface area contributed by atoms with E-state index in [0.29, 0.717) is 12.3 Å². The minimum atomic E-state index is -0.455. The molecule has 2 nitrogen and oxygen atoms in total. The zero-order chi connectivity index (χ0) is 15.0. The molecule has 0 aromatic heterocycles. The normalized spacial score (nSPS) is 21.0. The summed E-state index contributed by atoms with van der Waals surface area (Å²) < 4.78 is 6.08. The largest absolute Gasteiger partial charge is 0.485 e. The summed E-state index contributed by atoms with van der Waals surface area (Å²) in [5.41, 5.74) is 4.51. The highest BCUT2D eigenvalue weighted by Crippen LogP contribution is 2.41. The summed E-state index contributed by atoms with van der Waals surface area (Å²) in [7, 11) is 0. The molecule has 3 rings (SSSR count). The lowest BCUT2D eigenvalue weighted by Crippen LogP contribution is -2.19. The molecule has 1 heterocycles. The van der Waals surface area contributed by atoms with Crippen LogP contribution < -0.4 is 4.74 Å². The number of hydrogen-bond donors (Lipinski definition) is 1. The average Bonchev–Trinajstić information content (AvgIpc) is 2.48. The standard InChI is InChI=1S/C19H22O2/c1-12(2)14-5-7-15(8-6-14)19-11-17(20)16-10-13(3)4-9-18(16)21-19/h4-10,12,17,19-20H,11H2,1-3H3/t17-,19?/m1/s1. The quantitative estimate of drug-likeness (QED) is 0.867. The van der Waals surface area contributed by atoms with Gasteiger partial charge >= 0.3 is 0 Å². The Balaban J connectivity index is 1.86. The lowest BCUT2D eigenvalue weighted by Gasteiger charge is -2.30. The molecule has 1 aliphatic rings. The third-order valence-electron chi connectivity index (χ3n) is 4.21. The van der Waals surface area contributed by atoms with E-state index in [2.05, 4.69) is 38.1 Å². The molecule has 1 aliphatic heterocycles. The summed E-state index contributed by atoms with van der Waals surface area (Å²) in [5.74, 6) is 1.33. The Morgan fingerprint density at radius 2 is 1.81 bits per heavy atom. The first-order valence-electron chi connectivity index (χ1n) is 7.59. The summed E-state index contributed by atoms with van der Waals surface area (Å²) in [4.78, 5) is 0. The second-order valence-corrected chi connectivity index (χ2v) is 6.22. The van der Waals surface area contributed by atoms with Crippen LogP contribution in [0.3, 0.4) is 0 Å². The van der Waals surface area contributed by atoms with Crippen molar-refractivity contribution >= 4 is 0 Å². The van der Waals surface area contributed by atoms with Gasteiger partial charge in [-0.05, 0) is 36.1 Å². The number of benzene rings is 2. The first kappa shape index (κ1) is 14.2. The fourth-order valence-electron chi connectivity index (χ4n) is 2.87. The van der Waals surface area contributed by atoms with E-state index in [1.165, 1.54) is 5.56 Å². The van der Waals surface area contributed by atoms with Gasteiger partial charge in [0.1, 0.15) is 11.9 Å². The van der Waals surface area contributed by atoms with Crippen molar-refractivity contribution in [2.45, 2.75) is 45.3 Å². The Hall–Kier alpha value is -1.80. The highest BCUT2D eigenvalue weighted by atomic mass is 16.5. The van der Waals surface area contributed by atoms with Crippen molar-refractivity contribution in [3.8, 4) is 5.75 Å². The molecule has 2 aromatic rings. The molecule has 2 heteroatoms. The first-order valence-corrected chi connectivity index (χ1v) is 7.59. The maximum Gasteiger partial charge on any atom is 0.127 e. The SMILES string of the molecule is Cc1ccc2c(c1)[C@H](O)CC(c1ccc(C(C)C)cc1)O2. The monoisotopic (exact) mass is 282 g/mol. The fraction of sp³-hybridized carbons (Fsp3) is 0.368. The molecule has 21 heavy (non-hydrogen) atoms. The van der Waals surface area contributed by atoms with E-state index in [1.54, 1.807) is 0 Å². The molecule has 2 atom stereocenters. The van der Waals surface area contributed by atoms with Gasteiger partial charge in [-0.15, -0.1) is 0 Å². The number of aliphatic hydroxyl groups is 1. The van der Waals surface area contributed by atoms with E-state index in [0.717, 1.165) is 22.4 Å². The molecule has 0 fully saturated rings. The van der Waals surface area contributed by atoms with Crippen LogP contribution in [0.5, 0.6) is 5.75 Å². The van der Waals surface area contributed by atoms with Crippen LogP contribution in [0.25, 0.3) is 0 Å². The number of aliphatic hydroxyl groups excluding tert-OH is 1. The molecule has 110 valence electrons. The number of rotatable bonds is 2. The predicted octanol–water partition coefficient (Wildman–Crippen LogP) is 4.68. The molecule has 1 unspecified atom stereocenters. The van der Waals surface area contributed by atoms with Gasteiger partial charge in [0.05, 0.1) is 6.10 Å². The summed E-state index contributed by atoms with van der Waals surface area (Å²) >= 11 is 0. The van der Waals surface area contributed by atoms with Gasteiger partial charge in [-0.2, -0.15) is 0 Å². The predicted molar refractivity (Wildman–Crippen MR) is 84.7 cm³/mol. The maximum atomic E-state index is 10.4. The first-order chi connectivity index (χ1) is 10.0. The van der Waals surface area contributed by atoms with Crippen LogP contribution in [0, 0.1) is 6.92 Å². The van der Waals surface area contributed by atoms with Gasteiger partial charge in [0.25, 0.3) is 0 Å². The fourth-order valence-corrected chi connectivity index (χ4v) is 2.87. The molecule has 0 amide bonds. The Morgan fingerprint density at radius 3 is 2.48 bits per heavy atom. The number of hydrogen-bond acceptors (Lipinski definition) is 2. The number of aryl methyl sites for hydroxylation is 1. The zero-order valence-corrected chi connectivity index (χ0v) is 12.8. The molecule has 0 bridgehead atoms. The van der Waals surface area contributed by atoms with E-state index in [4.69, 9.17) is 4.74 Å². The molecule has 0 saturated heterocycles. The Labute approximate surface area is 126 Å². The van der Waals surface area contributed by atoms with Gasteiger partial charge in [0.2, 0.25) is 0 Å². The molecule has 2 aromatic carbocycles. The second-order valence-electron chi connectivity index (χ2n) is 6.22. The lowest BCUT2D eigenvalue weighted by atomic mass is 9.93. The summed E-state index contributed by atoms with van der Waals surface area (Å²) in [6, 6.07) is 14.5. The molecule has 0 saturated carbocycles. The van der Waals surface area contributed by atoms with Gasteiger partial charge < -0.3 is 9.84 Å². The minimum Gasteiger partial charge on any atom is -0.485 e. The molecule has 0 aliphatic carbocycles. The summed E-state index contributed by atoms with van der Waals surface area (Å²) in [6.45, 7) is 6.41. The van der Waals surface area contributed by atoms with E-state index in [9.17, 15) is 5.11 Å².